The van der Waals surface area contributed by atoms with E-state index in [4.69, 9.17) is 5.73 Å². The van der Waals surface area contributed by atoms with Gasteiger partial charge >= 0.3 is 0 Å². The number of aromatic nitrogens is 4. The number of nitrogen functional groups attached to an aromatic ring is 1. The normalized spacial score (nSPS) is 10.1. The topological polar surface area (TPSA) is 131 Å². The summed E-state index contributed by atoms with van der Waals surface area (Å²) in [6.07, 6.45) is 4.52. The molecule has 0 aromatic carbocycles. The van der Waals surface area contributed by atoms with E-state index in [1.807, 2.05) is 5.38 Å². The minimum Gasteiger partial charge on any atom is -0.393 e. The molecule has 3 rings (SSSR count). The third-order valence-corrected chi connectivity index (χ3v) is 3.42. The molecule has 3 aromatic rings. The third-order valence-electron chi connectivity index (χ3n) is 2.73. The number of hydrazine groups is 1. The second-order valence-electron chi connectivity index (χ2n) is 4.24. The number of nitrogens with two attached hydrogens (primary N) is 1. The van der Waals surface area contributed by atoms with Crippen molar-refractivity contribution in [1.29, 1.82) is 0 Å². The lowest BCUT2D eigenvalue weighted by Gasteiger charge is -2.11. The molecule has 0 unspecified atom stereocenters. The fourth-order valence-corrected chi connectivity index (χ4v) is 2.19. The van der Waals surface area contributed by atoms with Crippen molar-refractivity contribution in [3.63, 3.8) is 0 Å². The fraction of sp³-hybridized carbons (Fsp3) is 0. The van der Waals surface area contributed by atoms with Gasteiger partial charge in [-0.1, -0.05) is 6.07 Å². The summed E-state index contributed by atoms with van der Waals surface area (Å²) in [5.74, 6) is 0.255. The van der Waals surface area contributed by atoms with E-state index in [0.717, 1.165) is 0 Å². The first-order valence-electron chi connectivity index (χ1n) is 6.48. The van der Waals surface area contributed by atoms with Crippen LogP contribution < -0.4 is 21.9 Å². The van der Waals surface area contributed by atoms with Crippen LogP contribution in [0.1, 0.15) is 10.5 Å². The predicted molar refractivity (Wildman–Crippen MR) is 87.2 cm³/mol. The van der Waals surface area contributed by atoms with Gasteiger partial charge in [-0.3, -0.25) is 20.6 Å². The minimum absolute atomic E-state index is 0.254. The molecule has 0 aliphatic carbocycles. The predicted octanol–water partition coefficient (Wildman–Crippen LogP) is 1.41. The number of nitrogens with zero attached hydrogens (tertiary/aromatic N) is 4. The van der Waals surface area contributed by atoms with Crippen molar-refractivity contribution in [3.05, 3.63) is 48.0 Å². The van der Waals surface area contributed by atoms with Crippen LogP contribution in [0, 0.1) is 0 Å². The Balaban J connectivity index is 1.70. The molecule has 23 heavy (non-hydrogen) atoms. The molecule has 1 amide bonds. The molecule has 0 saturated heterocycles. The molecule has 0 atom stereocenters. The molecule has 0 aliphatic rings. The number of thiazole rings is 1. The Kier molecular flexibility index (Phi) is 4.25. The van der Waals surface area contributed by atoms with Crippen LogP contribution in [0.15, 0.2) is 42.3 Å². The largest absolute Gasteiger partial charge is 0.393 e. The summed E-state index contributed by atoms with van der Waals surface area (Å²) in [6, 6.07) is 5.04. The molecule has 10 heteroatoms. The standard InChI is InChI=1S/C13H12N8OS/c14-9-10(19-13-16-5-6-23-13)17-7-18-11(9)20-21-12(22)8-3-1-2-4-15-8/h1-7H,14H2,(H,21,22)(H2,16,17,18,19,20). The Morgan fingerprint density at radius 1 is 1.09 bits per heavy atom. The van der Waals surface area contributed by atoms with Gasteiger partial charge in [-0.25, -0.2) is 15.0 Å². The first-order valence-corrected chi connectivity index (χ1v) is 7.36. The van der Waals surface area contributed by atoms with Gasteiger partial charge in [0.1, 0.15) is 17.7 Å². The van der Waals surface area contributed by atoms with E-state index in [0.29, 0.717) is 10.9 Å². The van der Waals surface area contributed by atoms with Crippen molar-refractivity contribution < 1.29 is 4.79 Å². The molecule has 0 saturated carbocycles. The van der Waals surface area contributed by atoms with E-state index in [-0.39, 0.29) is 17.2 Å². The Morgan fingerprint density at radius 3 is 2.70 bits per heavy atom. The number of hydrogen-bond donors (Lipinski definition) is 4. The zero-order chi connectivity index (χ0) is 16.1. The number of carbonyl (C=O) groups excluding carboxylic acids is 1. The maximum Gasteiger partial charge on any atom is 0.288 e. The van der Waals surface area contributed by atoms with Crippen LogP contribution in [0.5, 0.6) is 0 Å². The van der Waals surface area contributed by atoms with Crippen LogP contribution in [-0.4, -0.2) is 25.8 Å². The third kappa shape index (κ3) is 3.49. The lowest BCUT2D eigenvalue weighted by atomic mass is 10.3. The van der Waals surface area contributed by atoms with Gasteiger partial charge in [0.15, 0.2) is 16.8 Å². The molecule has 3 heterocycles. The summed E-state index contributed by atoms with van der Waals surface area (Å²) in [5.41, 5.74) is 11.6. The minimum atomic E-state index is -0.405. The van der Waals surface area contributed by atoms with Crippen molar-refractivity contribution in [2.75, 3.05) is 16.5 Å². The Hall–Kier alpha value is -3.27. The van der Waals surface area contributed by atoms with Gasteiger partial charge < -0.3 is 11.1 Å². The molecule has 0 radical (unpaired) electrons. The summed E-state index contributed by atoms with van der Waals surface area (Å²) in [7, 11) is 0. The lowest BCUT2D eigenvalue weighted by Crippen LogP contribution is -2.31. The van der Waals surface area contributed by atoms with E-state index in [1.54, 1.807) is 24.4 Å². The Bertz CT molecular complexity index is 793. The Morgan fingerprint density at radius 2 is 1.96 bits per heavy atom. The maximum atomic E-state index is 11.9. The van der Waals surface area contributed by atoms with E-state index < -0.39 is 5.91 Å². The molecular weight excluding hydrogens is 316 g/mol. The average Bonchev–Trinajstić information content (AvgIpc) is 3.09. The fourth-order valence-electron chi connectivity index (χ4n) is 1.66. The number of carbonyl (C=O) groups is 1. The highest BCUT2D eigenvalue weighted by molar-refractivity contribution is 7.13. The zero-order valence-corrected chi connectivity index (χ0v) is 12.5. The van der Waals surface area contributed by atoms with Crippen molar-refractivity contribution in [3.8, 4) is 0 Å². The van der Waals surface area contributed by atoms with Crippen molar-refractivity contribution in [2.24, 2.45) is 0 Å². The van der Waals surface area contributed by atoms with E-state index in [2.05, 4.69) is 36.1 Å². The van der Waals surface area contributed by atoms with Crippen LogP contribution in [0.3, 0.4) is 0 Å². The molecule has 9 nitrogen and oxygen atoms in total. The van der Waals surface area contributed by atoms with Crippen molar-refractivity contribution >= 4 is 39.7 Å². The molecule has 116 valence electrons. The van der Waals surface area contributed by atoms with Gasteiger partial charge in [0.05, 0.1) is 0 Å². The number of amides is 1. The maximum absolute atomic E-state index is 11.9. The highest BCUT2D eigenvalue weighted by Crippen LogP contribution is 2.25. The molecule has 0 bridgehead atoms. The molecule has 0 fully saturated rings. The zero-order valence-electron chi connectivity index (χ0n) is 11.7. The SMILES string of the molecule is Nc1c(NNC(=O)c2ccccn2)ncnc1Nc1nccs1. The van der Waals surface area contributed by atoms with Gasteiger partial charge in [0.25, 0.3) is 5.91 Å². The summed E-state index contributed by atoms with van der Waals surface area (Å²) in [6.45, 7) is 0. The second kappa shape index (κ2) is 6.66. The van der Waals surface area contributed by atoms with Crippen LogP contribution in [0.2, 0.25) is 0 Å². The summed E-state index contributed by atoms with van der Waals surface area (Å²) < 4.78 is 0. The number of rotatable bonds is 5. The number of nitrogens with one attached hydrogen (secondary N) is 3. The Labute approximate surface area is 135 Å². The number of hydrogen-bond acceptors (Lipinski definition) is 9. The van der Waals surface area contributed by atoms with Crippen LogP contribution in [0.4, 0.5) is 22.5 Å². The number of pyridine rings is 1. The van der Waals surface area contributed by atoms with E-state index in [1.165, 1.54) is 23.9 Å². The molecule has 5 N–H and O–H groups in total. The molecule has 0 spiro atoms. The van der Waals surface area contributed by atoms with Crippen LogP contribution in [0.25, 0.3) is 0 Å². The van der Waals surface area contributed by atoms with E-state index in [9.17, 15) is 4.79 Å². The first kappa shape index (κ1) is 14.7. The first-order chi connectivity index (χ1) is 11.2. The van der Waals surface area contributed by atoms with E-state index >= 15 is 0 Å². The average molecular weight is 328 g/mol. The van der Waals surface area contributed by atoms with Crippen LogP contribution in [-0.2, 0) is 0 Å². The molecular formula is C13H12N8OS. The second-order valence-corrected chi connectivity index (χ2v) is 5.14. The highest BCUT2D eigenvalue weighted by atomic mass is 32.1. The lowest BCUT2D eigenvalue weighted by molar-refractivity contribution is 0.0957. The molecule has 0 aliphatic heterocycles. The monoisotopic (exact) mass is 328 g/mol. The number of anilines is 4. The van der Waals surface area contributed by atoms with Gasteiger partial charge in [-0.05, 0) is 12.1 Å². The van der Waals surface area contributed by atoms with Crippen molar-refractivity contribution in [1.82, 2.24) is 25.4 Å². The van der Waals surface area contributed by atoms with Crippen molar-refractivity contribution in [2.45, 2.75) is 0 Å². The summed E-state index contributed by atoms with van der Waals surface area (Å²) >= 11 is 1.41. The highest BCUT2D eigenvalue weighted by Gasteiger charge is 2.11. The molecule has 3 aromatic heterocycles. The van der Waals surface area contributed by atoms with Gasteiger partial charge in [0, 0.05) is 17.8 Å². The van der Waals surface area contributed by atoms with Gasteiger partial charge in [-0.15, -0.1) is 11.3 Å². The quantitative estimate of drug-likeness (QED) is 0.517. The summed E-state index contributed by atoms with van der Waals surface area (Å²) in [5, 5.41) is 5.46. The van der Waals surface area contributed by atoms with Gasteiger partial charge in [-0.2, -0.15) is 0 Å². The summed E-state index contributed by atoms with van der Waals surface area (Å²) in [4.78, 5) is 28.0. The van der Waals surface area contributed by atoms with Crippen LogP contribution >= 0.6 is 11.3 Å². The van der Waals surface area contributed by atoms with Gasteiger partial charge in [0.2, 0.25) is 0 Å². The smallest absolute Gasteiger partial charge is 0.288 e.